The Hall–Kier alpha value is -3.18. The molecule has 34 heavy (non-hydrogen) atoms. The van der Waals surface area contributed by atoms with E-state index in [-0.39, 0.29) is 35.2 Å². The lowest BCUT2D eigenvalue weighted by atomic mass is 9.79. The Morgan fingerprint density at radius 3 is 2.56 bits per heavy atom. The van der Waals surface area contributed by atoms with Gasteiger partial charge in [-0.3, -0.25) is 19.8 Å². The van der Waals surface area contributed by atoms with Gasteiger partial charge in [-0.25, -0.2) is 4.79 Å². The number of hydrogen-bond acceptors (Lipinski definition) is 9. The highest BCUT2D eigenvalue weighted by Gasteiger charge is 2.38. The van der Waals surface area contributed by atoms with Crippen LogP contribution in [0.3, 0.4) is 0 Å². The minimum Gasteiger partial charge on any atom is -0.454 e. The summed E-state index contributed by atoms with van der Waals surface area (Å²) in [5.74, 6) is -0.525. The zero-order valence-electron chi connectivity index (χ0n) is 19.0. The van der Waals surface area contributed by atoms with Crippen molar-refractivity contribution in [3.63, 3.8) is 0 Å². The second-order valence-electron chi connectivity index (χ2n) is 8.62. The fraction of sp³-hybridized carbons (Fsp3) is 0.565. The molecule has 2 fully saturated rings. The van der Waals surface area contributed by atoms with Crippen molar-refractivity contribution in [1.82, 2.24) is 10.2 Å². The van der Waals surface area contributed by atoms with Crippen LogP contribution in [0.5, 0.6) is 11.5 Å². The van der Waals surface area contributed by atoms with Crippen LogP contribution in [0.15, 0.2) is 18.2 Å². The smallest absolute Gasteiger partial charge is 0.331 e. The van der Waals surface area contributed by atoms with Crippen LogP contribution in [0.2, 0.25) is 0 Å². The monoisotopic (exact) mass is 475 g/mol. The summed E-state index contributed by atoms with van der Waals surface area (Å²) in [4.78, 5) is 37.7. The van der Waals surface area contributed by atoms with Crippen LogP contribution in [0.4, 0.5) is 5.69 Å². The minimum atomic E-state index is -0.775. The first-order valence-electron chi connectivity index (χ1n) is 11.5. The van der Waals surface area contributed by atoms with Gasteiger partial charge in [0.25, 0.3) is 11.6 Å². The molecule has 0 bridgehead atoms. The molecule has 1 N–H and O–H groups in total. The molecule has 0 aromatic heterocycles. The van der Waals surface area contributed by atoms with E-state index in [1.54, 1.807) is 0 Å². The molecular formula is C23H29N3O8. The number of carbonyl (C=O) groups excluding carboxylic acids is 2. The van der Waals surface area contributed by atoms with Gasteiger partial charge in [0.05, 0.1) is 29.8 Å². The third-order valence-electron chi connectivity index (χ3n) is 6.54. The summed E-state index contributed by atoms with van der Waals surface area (Å²) >= 11 is 0. The van der Waals surface area contributed by atoms with Gasteiger partial charge in [-0.15, -0.1) is 0 Å². The number of rotatable bonds is 8. The Balaban J connectivity index is 1.29. The van der Waals surface area contributed by atoms with Gasteiger partial charge in [0.1, 0.15) is 0 Å². The summed E-state index contributed by atoms with van der Waals surface area (Å²) in [7, 11) is 0. The fourth-order valence-electron chi connectivity index (χ4n) is 4.75. The first-order chi connectivity index (χ1) is 16.5. The van der Waals surface area contributed by atoms with E-state index in [0.717, 1.165) is 44.8 Å². The van der Waals surface area contributed by atoms with Crippen molar-refractivity contribution in [3.8, 4) is 11.5 Å². The van der Waals surface area contributed by atoms with Gasteiger partial charge in [-0.1, -0.05) is 19.3 Å². The Labute approximate surface area is 197 Å². The van der Waals surface area contributed by atoms with E-state index in [1.807, 2.05) is 0 Å². The minimum absolute atomic E-state index is 0.0242. The number of nitrogens with zero attached hydrogens (tertiary/aromatic N) is 2. The summed E-state index contributed by atoms with van der Waals surface area (Å²) < 4.78 is 20.9. The molecule has 11 nitrogen and oxygen atoms in total. The van der Waals surface area contributed by atoms with Crippen LogP contribution >= 0.6 is 0 Å². The van der Waals surface area contributed by atoms with E-state index in [2.05, 4.69) is 10.2 Å². The molecule has 0 spiro atoms. The zero-order chi connectivity index (χ0) is 24.0. The molecule has 0 unspecified atom stereocenters. The summed E-state index contributed by atoms with van der Waals surface area (Å²) in [5, 5.41) is 14.2. The van der Waals surface area contributed by atoms with Gasteiger partial charge in [-0.05, 0) is 25.0 Å². The molecule has 1 amide bonds. The first-order valence-corrected chi connectivity index (χ1v) is 11.5. The summed E-state index contributed by atoms with van der Waals surface area (Å²) in [6.45, 7) is 3.14. The van der Waals surface area contributed by atoms with E-state index in [9.17, 15) is 19.7 Å². The average molecular weight is 475 g/mol. The van der Waals surface area contributed by atoms with Crippen molar-refractivity contribution in [2.75, 3.05) is 46.2 Å². The van der Waals surface area contributed by atoms with Crippen LogP contribution in [0.25, 0.3) is 6.08 Å². The Kier molecular flexibility index (Phi) is 7.63. The number of benzene rings is 1. The zero-order valence-corrected chi connectivity index (χ0v) is 19.0. The molecular weight excluding hydrogens is 446 g/mol. The maximum absolute atomic E-state index is 12.4. The highest BCUT2D eigenvalue weighted by molar-refractivity contribution is 5.90. The van der Waals surface area contributed by atoms with Gasteiger partial charge in [-0.2, -0.15) is 0 Å². The van der Waals surface area contributed by atoms with Gasteiger partial charge in [0, 0.05) is 31.2 Å². The molecule has 0 atom stereocenters. The number of hydrogen-bond donors (Lipinski definition) is 1. The molecule has 1 saturated carbocycles. The fourth-order valence-corrected chi connectivity index (χ4v) is 4.75. The van der Waals surface area contributed by atoms with Crippen molar-refractivity contribution in [2.24, 2.45) is 0 Å². The number of carbonyl (C=O) groups is 2. The van der Waals surface area contributed by atoms with E-state index in [4.69, 9.17) is 18.9 Å². The third kappa shape index (κ3) is 5.65. The maximum Gasteiger partial charge on any atom is 0.331 e. The third-order valence-corrected chi connectivity index (χ3v) is 6.54. The van der Waals surface area contributed by atoms with Crippen molar-refractivity contribution < 1.29 is 33.5 Å². The lowest BCUT2D eigenvalue weighted by Gasteiger charge is -2.48. The molecule has 2 aliphatic heterocycles. The maximum atomic E-state index is 12.4. The Morgan fingerprint density at radius 2 is 1.85 bits per heavy atom. The van der Waals surface area contributed by atoms with E-state index < -0.39 is 17.5 Å². The van der Waals surface area contributed by atoms with E-state index in [1.165, 1.54) is 24.6 Å². The molecule has 2 heterocycles. The van der Waals surface area contributed by atoms with Gasteiger partial charge < -0.3 is 24.3 Å². The van der Waals surface area contributed by atoms with E-state index >= 15 is 0 Å². The first kappa shape index (κ1) is 24.0. The SMILES string of the molecule is O=C(COC(=O)C=Cc1cc2c(cc1[N+](=O)[O-])OCO2)NCC1(N2CCOCC2)CCCCC1. The van der Waals surface area contributed by atoms with Crippen LogP contribution in [-0.2, 0) is 19.1 Å². The van der Waals surface area contributed by atoms with Gasteiger partial charge in [0.15, 0.2) is 18.1 Å². The Bertz CT molecular complexity index is 952. The summed E-state index contributed by atoms with van der Waals surface area (Å²) in [6, 6.07) is 2.67. The molecule has 4 rings (SSSR count). The molecule has 3 aliphatic rings. The molecule has 1 aliphatic carbocycles. The predicted octanol–water partition coefficient (Wildman–Crippen LogP) is 2.03. The normalized spacial score (nSPS) is 19.6. The number of esters is 1. The van der Waals surface area contributed by atoms with Crippen LogP contribution in [0.1, 0.15) is 37.7 Å². The standard InChI is InChI=1S/C23H29N3O8/c27-21(24-15-23(6-2-1-3-7-23)25-8-10-31-11-9-25)14-32-22(28)5-4-17-12-19-20(34-16-33-19)13-18(17)26(29)30/h4-5,12-13H,1-3,6-11,14-16H2,(H,24,27). The lowest BCUT2D eigenvalue weighted by Crippen LogP contribution is -2.59. The quantitative estimate of drug-likeness (QED) is 0.260. The molecule has 184 valence electrons. The van der Waals surface area contributed by atoms with Crippen LogP contribution < -0.4 is 14.8 Å². The number of nitrogens with one attached hydrogen (secondary N) is 1. The second-order valence-corrected chi connectivity index (χ2v) is 8.62. The van der Waals surface area contributed by atoms with Crippen LogP contribution in [0, 0.1) is 10.1 Å². The number of nitro benzene ring substituents is 1. The van der Waals surface area contributed by atoms with Crippen molar-refractivity contribution >= 4 is 23.6 Å². The number of ether oxygens (including phenoxy) is 4. The summed E-state index contributed by atoms with van der Waals surface area (Å²) in [6.07, 6.45) is 7.79. The second kappa shape index (κ2) is 10.8. The van der Waals surface area contributed by atoms with Crippen LogP contribution in [-0.4, -0.2) is 73.5 Å². The number of morpholine rings is 1. The van der Waals surface area contributed by atoms with Gasteiger partial charge in [0.2, 0.25) is 6.79 Å². The van der Waals surface area contributed by atoms with Crippen molar-refractivity contribution in [2.45, 2.75) is 37.6 Å². The number of amides is 1. The largest absolute Gasteiger partial charge is 0.454 e. The van der Waals surface area contributed by atoms with Crippen molar-refractivity contribution in [1.29, 1.82) is 0 Å². The summed E-state index contributed by atoms with van der Waals surface area (Å²) in [5.41, 5.74) is -0.146. The molecule has 1 aromatic rings. The number of fused-ring (bicyclic) bond motifs is 1. The number of nitro groups is 1. The highest BCUT2D eigenvalue weighted by Crippen LogP contribution is 2.38. The molecule has 11 heteroatoms. The molecule has 1 saturated heterocycles. The van der Waals surface area contributed by atoms with Gasteiger partial charge >= 0.3 is 5.97 Å². The topological polar surface area (TPSA) is 129 Å². The molecule has 1 aromatic carbocycles. The predicted molar refractivity (Wildman–Crippen MR) is 120 cm³/mol. The average Bonchev–Trinajstić information content (AvgIpc) is 3.33. The highest BCUT2D eigenvalue weighted by atomic mass is 16.7. The van der Waals surface area contributed by atoms with Crippen molar-refractivity contribution in [3.05, 3.63) is 33.9 Å². The Morgan fingerprint density at radius 1 is 1.15 bits per heavy atom. The lowest BCUT2D eigenvalue weighted by molar-refractivity contribution is -0.385. The molecule has 0 radical (unpaired) electrons. The van der Waals surface area contributed by atoms with E-state index in [0.29, 0.717) is 25.5 Å².